The minimum atomic E-state index is 1.07. The predicted molar refractivity (Wildman–Crippen MR) is 114 cm³/mol. The Balaban J connectivity index is 0.000000730. The van der Waals surface area contributed by atoms with E-state index in [1.165, 1.54) is 26.6 Å². The third-order valence-corrected chi connectivity index (χ3v) is 5.12. The summed E-state index contributed by atoms with van der Waals surface area (Å²) in [5, 5.41) is 3.42. The summed E-state index contributed by atoms with van der Waals surface area (Å²) in [6, 6.07) is 15.5. The number of nitrogens with zero attached hydrogens (tertiary/aromatic N) is 1. The summed E-state index contributed by atoms with van der Waals surface area (Å²) in [7, 11) is 0. The molecule has 1 heterocycles. The van der Waals surface area contributed by atoms with Gasteiger partial charge in [-0.25, -0.2) is 0 Å². The summed E-state index contributed by atoms with van der Waals surface area (Å²) in [5.74, 6) is 0. The molecule has 1 saturated heterocycles. The molecule has 0 unspecified atom stereocenters. The maximum absolute atomic E-state index is 3.42. The number of hydrogen-bond donors (Lipinski definition) is 1. The molecule has 138 valence electrons. The number of rotatable bonds is 3. The van der Waals surface area contributed by atoms with Gasteiger partial charge in [-0.2, -0.15) is 0 Å². The Labute approximate surface area is 159 Å². The zero-order chi connectivity index (χ0) is 18.7. The zero-order valence-electron chi connectivity index (χ0n) is 16.7. The summed E-state index contributed by atoms with van der Waals surface area (Å²) >= 11 is 1.88. The average molecular weight is 359 g/mol. The van der Waals surface area contributed by atoms with Gasteiger partial charge in [0.2, 0.25) is 0 Å². The van der Waals surface area contributed by atoms with Crippen LogP contribution in [0.1, 0.15) is 38.8 Å². The van der Waals surface area contributed by atoms with Gasteiger partial charge in [0.15, 0.2) is 0 Å². The van der Waals surface area contributed by atoms with Crippen LogP contribution in [0.3, 0.4) is 0 Å². The first-order valence-electron chi connectivity index (χ1n) is 9.54. The minimum absolute atomic E-state index is 1.07. The summed E-state index contributed by atoms with van der Waals surface area (Å²) in [4.78, 5) is 5.19. The molecule has 0 bridgehead atoms. The lowest BCUT2D eigenvalue weighted by Gasteiger charge is -2.31. The fourth-order valence-electron chi connectivity index (χ4n) is 2.74. The molecule has 0 aromatic heterocycles. The van der Waals surface area contributed by atoms with Crippen LogP contribution in [0.25, 0.3) is 0 Å². The lowest BCUT2D eigenvalue weighted by Crippen LogP contribution is -2.43. The molecule has 2 aromatic carbocycles. The number of anilines is 1. The summed E-state index contributed by atoms with van der Waals surface area (Å²) < 4.78 is 0. The second-order valence-electron chi connectivity index (χ2n) is 5.58. The fourth-order valence-corrected chi connectivity index (χ4v) is 3.78. The number of hydrogen-bond acceptors (Lipinski definition) is 3. The van der Waals surface area contributed by atoms with E-state index in [-0.39, 0.29) is 0 Å². The maximum atomic E-state index is 3.42. The quantitative estimate of drug-likeness (QED) is 0.733. The Hall–Kier alpha value is -1.45. The molecule has 1 aliphatic heterocycles. The molecule has 25 heavy (non-hydrogen) atoms. The Bertz CT molecular complexity index is 619. The number of para-hydroxylation sites is 1. The van der Waals surface area contributed by atoms with Gasteiger partial charge >= 0.3 is 0 Å². The molecule has 2 nitrogen and oxygen atoms in total. The highest BCUT2D eigenvalue weighted by atomic mass is 32.2. The van der Waals surface area contributed by atoms with Crippen LogP contribution in [0.5, 0.6) is 0 Å². The molecule has 0 amide bonds. The topological polar surface area (TPSA) is 15.3 Å². The second-order valence-corrected chi connectivity index (χ2v) is 6.66. The first kappa shape index (κ1) is 21.6. The van der Waals surface area contributed by atoms with Gasteiger partial charge in [-0.1, -0.05) is 69.3 Å². The normalized spacial score (nSPS) is 13.3. The fraction of sp³-hybridized carbons (Fsp3) is 0.455. The van der Waals surface area contributed by atoms with Crippen LogP contribution >= 0.6 is 11.8 Å². The highest BCUT2D eigenvalue weighted by molar-refractivity contribution is 7.99. The van der Waals surface area contributed by atoms with Crippen molar-refractivity contribution in [2.45, 2.75) is 51.3 Å². The van der Waals surface area contributed by atoms with E-state index in [0.717, 1.165) is 26.2 Å². The van der Waals surface area contributed by atoms with Gasteiger partial charge in [0.25, 0.3) is 0 Å². The monoisotopic (exact) mass is 358 g/mol. The van der Waals surface area contributed by atoms with Gasteiger partial charge in [0.05, 0.1) is 5.69 Å². The Morgan fingerprint density at radius 2 is 1.48 bits per heavy atom. The van der Waals surface area contributed by atoms with Crippen molar-refractivity contribution in [3.05, 3.63) is 53.6 Å². The van der Waals surface area contributed by atoms with E-state index >= 15 is 0 Å². The lowest BCUT2D eigenvalue weighted by molar-refractivity contribution is 0.587. The van der Waals surface area contributed by atoms with Crippen molar-refractivity contribution in [3.63, 3.8) is 0 Å². The number of benzene rings is 2. The molecule has 1 fully saturated rings. The summed E-state index contributed by atoms with van der Waals surface area (Å²) in [6.07, 6.45) is 0. The SMILES string of the molecule is CC.CC.Cc1ccc(Sc2ccccc2N2CCNCC2)c(C)c1. The van der Waals surface area contributed by atoms with Crippen LogP contribution in [-0.4, -0.2) is 26.2 Å². The van der Waals surface area contributed by atoms with Crippen molar-refractivity contribution in [1.82, 2.24) is 5.32 Å². The van der Waals surface area contributed by atoms with Crippen molar-refractivity contribution in [3.8, 4) is 0 Å². The molecule has 1 aliphatic rings. The molecule has 0 saturated carbocycles. The molecule has 3 rings (SSSR count). The van der Waals surface area contributed by atoms with Crippen molar-refractivity contribution >= 4 is 17.4 Å². The third kappa shape index (κ3) is 6.41. The molecule has 0 spiro atoms. The Morgan fingerprint density at radius 1 is 0.840 bits per heavy atom. The molecular weight excluding hydrogens is 324 g/mol. The highest BCUT2D eigenvalue weighted by Crippen LogP contribution is 2.37. The standard InChI is InChI=1S/C18H22N2S.2C2H6/c1-14-7-8-17(15(2)13-14)21-18-6-4-3-5-16(18)20-11-9-19-10-12-20;2*1-2/h3-8,13,19H,9-12H2,1-2H3;2*1-2H3. The van der Waals surface area contributed by atoms with Crippen LogP contribution in [-0.2, 0) is 0 Å². The highest BCUT2D eigenvalue weighted by Gasteiger charge is 2.14. The van der Waals surface area contributed by atoms with Crippen molar-refractivity contribution < 1.29 is 0 Å². The van der Waals surface area contributed by atoms with Gasteiger partial charge < -0.3 is 10.2 Å². The van der Waals surface area contributed by atoms with Crippen LogP contribution in [0.2, 0.25) is 0 Å². The lowest BCUT2D eigenvalue weighted by atomic mass is 10.2. The molecule has 0 atom stereocenters. The summed E-state index contributed by atoms with van der Waals surface area (Å²) in [5.41, 5.74) is 4.05. The zero-order valence-corrected chi connectivity index (χ0v) is 17.5. The number of piperazine rings is 1. The largest absolute Gasteiger partial charge is 0.368 e. The van der Waals surface area contributed by atoms with Crippen LogP contribution < -0.4 is 10.2 Å². The number of nitrogens with one attached hydrogen (secondary N) is 1. The van der Waals surface area contributed by atoms with Crippen molar-refractivity contribution in [2.24, 2.45) is 0 Å². The smallest absolute Gasteiger partial charge is 0.0508 e. The van der Waals surface area contributed by atoms with E-state index in [4.69, 9.17) is 0 Å². The van der Waals surface area contributed by atoms with Gasteiger partial charge in [-0.3, -0.25) is 0 Å². The Morgan fingerprint density at radius 3 is 2.12 bits per heavy atom. The molecule has 3 heteroatoms. The Kier molecular flexibility index (Phi) is 10.4. The number of aryl methyl sites for hydroxylation is 2. The van der Waals surface area contributed by atoms with Crippen LogP contribution in [0.15, 0.2) is 52.3 Å². The minimum Gasteiger partial charge on any atom is -0.368 e. The van der Waals surface area contributed by atoms with E-state index in [2.05, 4.69) is 66.5 Å². The second kappa shape index (κ2) is 12.0. The first-order chi connectivity index (χ1) is 12.2. The predicted octanol–water partition coefficient (Wildman–Crippen LogP) is 5.92. The van der Waals surface area contributed by atoms with E-state index in [1.54, 1.807) is 0 Å². The average Bonchev–Trinajstić information content (AvgIpc) is 2.68. The van der Waals surface area contributed by atoms with Crippen LogP contribution in [0.4, 0.5) is 5.69 Å². The van der Waals surface area contributed by atoms with Gasteiger partial charge in [-0.15, -0.1) is 0 Å². The van der Waals surface area contributed by atoms with E-state index in [1.807, 2.05) is 39.5 Å². The molecule has 0 aliphatic carbocycles. The molecule has 0 radical (unpaired) electrons. The van der Waals surface area contributed by atoms with Crippen LogP contribution in [0, 0.1) is 13.8 Å². The molecule has 1 N–H and O–H groups in total. The first-order valence-corrected chi connectivity index (χ1v) is 10.4. The summed E-state index contributed by atoms with van der Waals surface area (Å²) in [6.45, 7) is 16.7. The van der Waals surface area contributed by atoms with Crippen molar-refractivity contribution in [2.75, 3.05) is 31.1 Å². The van der Waals surface area contributed by atoms with Gasteiger partial charge in [0.1, 0.15) is 0 Å². The van der Waals surface area contributed by atoms with Gasteiger partial charge in [0, 0.05) is 36.0 Å². The third-order valence-electron chi connectivity index (χ3n) is 3.87. The molecule has 2 aromatic rings. The van der Waals surface area contributed by atoms with Crippen molar-refractivity contribution in [1.29, 1.82) is 0 Å². The van der Waals surface area contributed by atoms with E-state index < -0.39 is 0 Å². The van der Waals surface area contributed by atoms with Gasteiger partial charge in [-0.05, 0) is 37.6 Å². The molecular formula is C22H34N2S. The van der Waals surface area contributed by atoms with E-state index in [9.17, 15) is 0 Å². The van der Waals surface area contributed by atoms with E-state index in [0.29, 0.717) is 0 Å². The maximum Gasteiger partial charge on any atom is 0.0508 e.